The molecule has 0 heterocycles. The first kappa shape index (κ1) is 23.7. The summed E-state index contributed by atoms with van der Waals surface area (Å²) >= 11 is 4.30. The van der Waals surface area contributed by atoms with Crippen molar-refractivity contribution >= 4 is 22.5 Å². The molecule has 0 saturated heterocycles. The highest BCUT2D eigenvalue weighted by atomic mass is 33.1. The molecule has 0 fully saturated rings. The normalized spacial score (nSPS) is 14.1. The molecule has 1 atom stereocenters. The maximum atomic E-state index is 6.24. The highest BCUT2D eigenvalue weighted by molar-refractivity contribution is 8.69. The van der Waals surface area contributed by atoms with Gasteiger partial charge >= 0.3 is 0 Å². The molecule has 1 unspecified atom stereocenters. The van der Waals surface area contributed by atoms with Crippen molar-refractivity contribution in [1.29, 1.82) is 0 Å². The molecular formula is C20H43NS2. The highest BCUT2D eigenvalue weighted by Crippen LogP contribution is 2.31. The van der Waals surface area contributed by atoms with Crippen LogP contribution >= 0.6 is 22.5 Å². The van der Waals surface area contributed by atoms with Crippen LogP contribution in [0.3, 0.4) is 0 Å². The quantitative estimate of drug-likeness (QED) is 0.112. The van der Waals surface area contributed by atoms with Crippen LogP contribution < -0.4 is 5.73 Å². The van der Waals surface area contributed by atoms with E-state index in [0.29, 0.717) is 0 Å². The van der Waals surface area contributed by atoms with Gasteiger partial charge in [-0.05, 0) is 12.8 Å². The lowest BCUT2D eigenvalue weighted by Gasteiger charge is -2.24. The minimum Gasteiger partial charge on any atom is -0.316 e. The van der Waals surface area contributed by atoms with Gasteiger partial charge in [0.1, 0.15) is 0 Å². The first-order chi connectivity index (χ1) is 11.2. The number of unbranched alkanes of at least 4 members (excludes halogenated alkanes) is 14. The zero-order valence-corrected chi connectivity index (χ0v) is 17.7. The SMILES string of the molecule is CCCCCCCCCCCCCCCCCC(N)(CC)SS. The molecule has 0 spiro atoms. The highest BCUT2D eigenvalue weighted by Gasteiger charge is 2.20. The molecule has 0 aliphatic heterocycles. The number of hydrogen-bond donors (Lipinski definition) is 2. The Kier molecular flexibility index (Phi) is 18.0. The molecule has 0 aliphatic carbocycles. The second kappa shape index (κ2) is 17.5. The Balaban J connectivity index is 3.14. The summed E-state index contributed by atoms with van der Waals surface area (Å²) < 4.78 is 0. The monoisotopic (exact) mass is 361 g/mol. The molecule has 0 bridgehead atoms. The first-order valence-electron chi connectivity index (χ1n) is 10.3. The Morgan fingerprint density at radius 1 is 0.652 bits per heavy atom. The van der Waals surface area contributed by atoms with Crippen molar-refractivity contribution in [2.24, 2.45) is 5.73 Å². The molecule has 1 nitrogen and oxygen atoms in total. The minimum atomic E-state index is -0.0976. The third-order valence-electron chi connectivity index (χ3n) is 4.98. The molecule has 0 aromatic heterocycles. The summed E-state index contributed by atoms with van der Waals surface area (Å²) in [7, 11) is 1.53. The molecule has 0 saturated carbocycles. The largest absolute Gasteiger partial charge is 0.316 e. The van der Waals surface area contributed by atoms with Crippen LogP contribution in [0.25, 0.3) is 0 Å². The van der Waals surface area contributed by atoms with Crippen molar-refractivity contribution in [3.8, 4) is 0 Å². The molecule has 3 heteroatoms. The third kappa shape index (κ3) is 15.9. The summed E-state index contributed by atoms with van der Waals surface area (Å²) in [5.74, 6) is 0. The Bertz CT molecular complexity index is 230. The van der Waals surface area contributed by atoms with Crippen LogP contribution in [0.5, 0.6) is 0 Å². The van der Waals surface area contributed by atoms with Gasteiger partial charge in [0.05, 0.1) is 4.87 Å². The van der Waals surface area contributed by atoms with Crippen molar-refractivity contribution in [2.45, 2.75) is 128 Å². The second-order valence-corrected chi connectivity index (χ2v) is 8.75. The van der Waals surface area contributed by atoms with E-state index in [1.807, 2.05) is 0 Å². The van der Waals surface area contributed by atoms with E-state index in [9.17, 15) is 0 Å². The second-order valence-electron chi connectivity index (χ2n) is 7.21. The van der Waals surface area contributed by atoms with Crippen LogP contribution in [-0.4, -0.2) is 4.87 Å². The van der Waals surface area contributed by atoms with Crippen LogP contribution in [0, 0.1) is 0 Å². The number of rotatable bonds is 18. The minimum absolute atomic E-state index is 0.0976. The summed E-state index contributed by atoms with van der Waals surface area (Å²) in [6.07, 6.45) is 23.4. The molecular weight excluding hydrogens is 318 g/mol. The number of thiol groups is 1. The van der Waals surface area contributed by atoms with Gasteiger partial charge in [0.2, 0.25) is 0 Å². The molecule has 0 rings (SSSR count). The predicted molar refractivity (Wildman–Crippen MR) is 113 cm³/mol. The fourth-order valence-corrected chi connectivity index (χ4v) is 4.11. The van der Waals surface area contributed by atoms with Gasteiger partial charge in [-0.2, -0.15) is 0 Å². The van der Waals surface area contributed by atoms with Gasteiger partial charge in [0.25, 0.3) is 0 Å². The van der Waals surface area contributed by atoms with E-state index >= 15 is 0 Å². The van der Waals surface area contributed by atoms with Crippen LogP contribution in [0.4, 0.5) is 0 Å². The summed E-state index contributed by atoms with van der Waals surface area (Å²) in [5.41, 5.74) is 6.24. The standard InChI is InChI=1S/C20H43NS2/c1-3-5-6-7-8-9-10-11-12-13-14-15-16-17-18-19-20(21,4-2)23-22/h22H,3-19,21H2,1-2H3. The smallest absolute Gasteiger partial charge is 0.0718 e. The van der Waals surface area contributed by atoms with E-state index in [4.69, 9.17) is 5.73 Å². The van der Waals surface area contributed by atoms with Gasteiger partial charge in [-0.1, -0.05) is 121 Å². The Morgan fingerprint density at radius 2 is 1.00 bits per heavy atom. The molecule has 0 aliphatic rings. The van der Waals surface area contributed by atoms with Crippen molar-refractivity contribution in [2.75, 3.05) is 0 Å². The van der Waals surface area contributed by atoms with Gasteiger partial charge in [-0.3, -0.25) is 0 Å². The lowest BCUT2D eigenvalue weighted by molar-refractivity contribution is 0.488. The maximum absolute atomic E-state index is 6.24. The van der Waals surface area contributed by atoms with Crippen molar-refractivity contribution < 1.29 is 0 Å². The Morgan fingerprint density at radius 3 is 1.30 bits per heavy atom. The molecule has 0 aromatic carbocycles. The Labute approximate surface area is 156 Å². The summed E-state index contributed by atoms with van der Waals surface area (Å²) in [5, 5.41) is 0. The molecule has 23 heavy (non-hydrogen) atoms. The molecule has 0 radical (unpaired) electrons. The zero-order valence-electron chi connectivity index (χ0n) is 16.0. The number of nitrogens with two attached hydrogens (primary N) is 1. The van der Waals surface area contributed by atoms with Crippen molar-refractivity contribution in [3.05, 3.63) is 0 Å². The van der Waals surface area contributed by atoms with Gasteiger partial charge in [0, 0.05) is 0 Å². The van der Waals surface area contributed by atoms with Gasteiger partial charge in [0.15, 0.2) is 0 Å². The molecule has 0 aromatic rings. The summed E-state index contributed by atoms with van der Waals surface area (Å²) in [4.78, 5) is -0.0976. The lowest BCUT2D eigenvalue weighted by Crippen LogP contribution is -2.33. The van der Waals surface area contributed by atoms with E-state index in [0.717, 1.165) is 12.8 Å². The van der Waals surface area contributed by atoms with E-state index in [1.165, 1.54) is 107 Å². The third-order valence-corrected chi connectivity index (χ3v) is 6.93. The van der Waals surface area contributed by atoms with Crippen LogP contribution in [-0.2, 0) is 0 Å². The van der Waals surface area contributed by atoms with E-state index in [2.05, 4.69) is 25.5 Å². The zero-order chi connectivity index (χ0) is 17.2. The first-order valence-corrected chi connectivity index (χ1v) is 12.2. The van der Waals surface area contributed by atoms with E-state index in [1.54, 1.807) is 0 Å². The number of hydrogen-bond acceptors (Lipinski definition) is 3. The van der Waals surface area contributed by atoms with E-state index in [-0.39, 0.29) is 4.87 Å². The lowest BCUT2D eigenvalue weighted by atomic mass is 10.0. The summed E-state index contributed by atoms with van der Waals surface area (Å²) in [6.45, 7) is 4.45. The van der Waals surface area contributed by atoms with Crippen LogP contribution in [0.2, 0.25) is 0 Å². The average molecular weight is 362 g/mol. The molecule has 2 N–H and O–H groups in total. The van der Waals surface area contributed by atoms with E-state index < -0.39 is 0 Å². The molecule has 140 valence electrons. The predicted octanol–water partition coefficient (Wildman–Crippen LogP) is 7.89. The fraction of sp³-hybridized carbons (Fsp3) is 1.00. The van der Waals surface area contributed by atoms with Gasteiger partial charge in [-0.15, -0.1) is 11.7 Å². The van der Waals surface area contributed by atoms with Crippen LogP contribution in [0.1, 0.15) is 123 Å². The van der Waals surface area contributed by atoms with Crippen molar-refractivity contribution in [1.82, 2.24) is 0 Å². The Hall–Kier alpha value is 0.660. The fourth-order valence-electron chi connectivity index (χ4n) is 3.08. The maximum Gasteiger partial charge on any atom is 0.0718 e. The molecule has 0 amide bonds. The topological polar surface area (TPSA) is 26.0 Å². The van der Waals surface area contributed by atoms with Gasteiger partial charge in [-0.25, -0.2) is 0 Å². The van der Waals surface area contributed by atoms with Gasteiger partial charge < -0.3 is 5.73 Å². The summed E-state index contributed by atoms with van der Waals surface area (Å²) in [6, 6.07) is 0. The average Bonchev–Trinajstić information content (AvgIpc) is 2.58. The van der Waals surface area contributed by atoms with Crippen molar-refractivity contribution in [3.63, 3.8) is 0 Å². The van der Waals surface area contributed by atoms with Crippen LogP contribution in [0.15, 0.2) is 0 Å².